The van der Waals surface area contributed by atoms with Crippen LogP contribution in [0.2, 0.25) is 0 Å². The summed E-state index contributed by atoms with van der Waals surface area (Å²) in [6, 6.07) is 0. The quantitative estimate of drug-likeness (QED) is 0.366. The van der Waals surface area contributed by atoms with Gasteiger partial charge in [-0.1, -0.05) is 30.4 Å². The number of nitrogens with one attached hydrogen (secondary N) is 1. The van der Waals surface area contributed by atoms with Gasteiger partial charge in [0.25, 0.3) is 5.91 Å². The molecule has 4 nitrogen and oxygen atoms in total. The van der Waals surface area contributed by atoms with Crippen LogP contribution in [-0.4, -0.2) is 24.0 Å². The summed E-state index contributed by atoms with van der Waals surface area (Å²) in [4.78, 5) is 24.0. The molecule has 1 rings (SSSR count). The molecule has 0 aromatic heterocycles. The molecule has 1 N–H and O–H groups in total. The van der Waals surface area contributed by atoms with Gasteiger partial charge in [0, 0.05) is 11.5 Å². The fourth-order valence-electron chi connectivity index (χ4n) is 1.61. The molecule has 1 aliphatic rings. The summed E-state index contributed by atoms with van der Waals surface area (Å²) in [7, 11) is 0. The van der Waals surface area contributed by atoms with Crippen LogP contribution in [-0.2, 0) is 14.3 Å². The first-order valence-corrected chi connectivity index (χ1v) is 6.40. The van der Waals surface area contributed by atoms with Crippen LogP contribution in [0.4, 0.5) is 0 Å². The third kappa shape index (κ3) is 5.12. The zero-order valence-electron chi connectivity index (χ0n) is 11.9. The van der Waals surface area contributed by atoms with Gasteiger partial charge in [0.2, 0.25) is 0 Å². The van der Waals surface area contributed by atoms with Crippen LogP contribution in [0.3, 0.4) is 0 Å². The van der Waals surface area contributed by atoms with Crippen LogP contribution in [0, 0.1) is 5.92 Å². The lowest BCUT2D eigenvalue weighted by Crippen LogP contribution is -2.42. The van der Waals surface area contributed by atoms with Crippen molar-refractivity contribution in [3.8, 4) is 0 Å². The Morgan fingerprint density at radius 1 is 1.26 bits per heavy atom. The summed E-state index contributed by atoms with van der Waals surface area (Å²) < 4.78 is 4.93. The van der Waals surface area contributed by atoms with E-state index in [2.05, 4.69) is 5.32 Å². The minimum atomic E-state index is -0.585. The average molecular weight is 263 g/mol. The summed E-state index contributed by atoms with van der Waals surface area (Å²) in [6.07, 6.45) is 9.20. The van der Waals surface area contributed by atoms with Crippen molar-refractivity contribution in [2.45, 2.75) is 33.2 Å². The lowest BCUT2D eigenvalue weighted by atomic mass is 10.0. The molecule has 4 heteroatoms. The van der Waals surface area contributed by atoms with E-state index in [1.807, 2.05) is 45.1 Å². The van der Waals surface area contributed by atoms with E-state index < -0.39 is 17.4 Å². The average Bonchev–Trinajstić information content (AvgIpc) is 2.76. The van der Waals surface area contributed by atoms with Gasteiger partial charge in [0.05, 0.1) is 6.61 Å². The molecular weight excluding hydrogens is 242 g/mol. The van der Waals surface area contributed by atoms with Gasteiger partial charge in [0.15, 0.2) is 0 Å². The Morgan fingerprint density at radius 2 is 1.84 bits per heavy atom. The van der Waals surface area contributed by atoms with Crippen molar-refractivity contribution in [2.75, 3.05) is 6.61 Å². The number of allylic oxidation sites excluding steroid dienone is 5. The normalized spacial score (nSPS) is 15.7. The highest BCUT2D eigenvalue weighted by molar-refractivity contribution is 6.16. The first-order valence-electron chi connectivity index (χ1n) is 6.40. The van der Waals surface area contributed by atoms with Crippen molar-refractivity contribution in [3.05, 3.63) is 36.0 Å². The number of carbonyl (C=O) groups is 2. The Labute approximate surface area is 114 Å². The van der Waals surface area contributed by atoms with Gasteiger partial charge in [-0.25, -0.2) is 4.79 Å². The van der Waals surface area contributed by atoms with Gasteiger partial charge >= 0.3 is 5.97 Å². The largest absolute Gasteiger partial charge is 0.462 e. The van der Waals surface area contributed by atoms with E-state index in [1.54, 1.807) is 13.0 Å². The summed E-state index contributed by atoms with van der Waals surface area (Å²) in [5, 5.41) is 2.78. The Bertz CT molecular complexity index is 427. The molecule has 0 heterocycles. The minimum absolute atomic E-state index is 0.0369. The van der Waals surface area contributed by atoms with Gasteiger partial charge in [-0.05, 0) is 27.7 Å². The van der Waals surface area contributed by atoms with Gasteiger partial charge in [-0.2, -0.15) is 0 Å². The second-order valence-electron chi connectivity index (χ2n) is 5.35. The standard InChI is InChI=1S/C15H21NO3/c1-5-19-14(18)12(10-11-8-6-7-9-11)13(17)16-15(2,3)4/h6-11H,5H2,1-4H3,(H,16,17)/b12-10+. The Hall–Kier alpha value is -1.84. The highest BCUT2D eigenvalue weighted by Crippen LogP contribution is 2.15. The highest BCUT2D eigenvalue weighted by atomic mass is 16.5. The number of hydrogen-bond donors (Lipinski definition) is 1. The molecule has 1 aliphatic carbocycles. The molecule has 0 spiro atoms. The fraction of sp³-hybridized carbons (Fsp3) is 0.467. The van der Waals surface area contributed by atoms with Crippen LogP contribution < -0.4 is 5.32 Å². The molecule has 0 bridgehead atoms. The molecule has 0 saturated heterocycles. The molecule has 0 aromatic rings. The molecule has 0 unspecified atom stereocenters. The minimum Gasteiger partial charge on any atom is -0.462 e. The van der Waals surface area contributed by atoms with Gasteiger partial charge < -0.3 is 10.1 Å². The number of rotatable bonds is 4. The van der Waals surface area contributed by atoms with Crippen LogP contribution >= 0.6 is 0 Å². The smallest absolute Gasteiger partial charge is 0.343 e. The number of amides is 1. The number of ether oxygens (including phenoxy) is 1. The maximum absolute atomic E-state index is 12.1. The number of carbonyl (C=O) groups excluding carboxylic acids is 2. The zero-order chi connectivity index (χ0) is 14.5. The lowest BCUT2D eigenvalue weighted by Gasteiger charge is -2.21. The first-order chi connectivity index (χ1) is 8.83. The van der Waals surface area contributed by atoms with Crippen molar-refractivity contribution >= 4 is 11.9 Å². The molecule has 19 heavy (non-hydrogen) atoms. The topological polar surface area (TPSA) is 55.4 Å². The first kappa shape index (κ1) is 15.2. The molecule has 0 radical (unpaired) electrons. The third-order valence-corrected chi connectivity index (χ3v) is 2.37. The van der Waals surface area contributed by atoms with Crippen molar-refractivity contribution in [1.29, 1.82) is 0 Å². The molecule has 0 atom stereocenters. The van der Waals surface area contributed by atoms with E-state index in [-0.39, 0.29) is 18.1 Å². The second-order valence-corrected chi connectivity index (χ2v) is 5.35. The predicted octanol–water partition coefficient (Wildman–Crippen LogP) is 2.13. The van der Waals surface area contributed by atoms with E-state index in [0.29, 0.717) is 0 Å². The summed E-state index contributed by atoms with van der Waals surface area (Å²) in [6.45, 7) is 7.55. The van der Waals surface area contributed by atoms with E-state index in [0.717, 1.165) is 0 Å². The summed E-state index contributed by atoms with van der Waals surface area (Å²) >= 11 is 0. The van der Waals surface area contributed by atoms with Gasteiger partial charge in [0.1, 0.15) is 5.57 Å². The Kier molecular flexibility index (Phi) is 5.10. The van der Waals surface area contributed by atoms with Gasteiger partial charge in [-0.15, -0.1) is 0 Å². The van der Waals surface area contributed by atoms with Crippen LogP contribution in [0.1, 0.15) is 27.7 Å². The molecule has 0 fully saturated rings. The van der Waals surface area contributed by atoms with Crippen molar-refractivity contribution in [1.82, 2.24) is 5.32 Å². The molecule has 104 valence electrons. The van der Waals surface area contributed by atoms with Crippen molar-refractivity contribution in [3.63, 3.8) is 0 Å². The lowest BCUT2D eigenvalue weighted by molar-refractivity contribution is -0.140. The monoisotopic (exact) mass is 263 g/mol. The third-order valence-electron chi connectivity index (χ3n) is 2.37. The van der Waals surface area contributed by atoms with E-state index in [4.69, 9.17) is 4.74 Å². The van der Waals surface area contributed by atoms with Crippen LogP contribution in [0.15, 0.2) is 36.0 Å². The fourth-order valence-corrected chi connectivity index (χ4v) is 1.61. The molecule has 0 aromatic carbocycles. The van der Waals surface area contributed by atoms with E-state index in [1.165, 1.54) is 0 Å². The van der Waals surface area contributed by atoms with Gasteiger partial charge in [-0.3, -0.25) is 4.79 Å². The maximum Gasteiger partial charge on any atom is 0.343 e. The van der Waals surface area contributed by atoms with Crippen LogP contribution in [0.5, 0.6) is 0 Å². The SMILES string of the molecule is CCOC(=O)/C(=C/C1C=CC=C1)C(=O)NC(C)(C)C. The van der Waals surface area contributed by atoms with E-state index in [9.17, 15) is 9.59 Å². The molecule has 0 saturated carbocycles. The van der Waals surface area contributed by atoms with E-state index >= 15 is 0 Å². The Morgan fingerprint density at radius 3 is 2.32 bits per heavy atom. The maximum atomic E-state index is 12.1. The molecular formula is C15H21NO3. The number of esters is 1. The van der Waals surface area contributed by atoms with Crippen molar-refractivity contribution in [2.24, 2.45) is 5.92 Å². The molecule has 0 aliphatic heterocycles. The Balaban J connectivity index is 2.92. The number of hydrogen-bond acceptors (Lipinski definition) is 3. The predicted molar refractivity (Wildman–Crippen MR) is 74.4 cm³/mol. The van der Waals surface area contributed by atoms with Crippen LogP contribution in [0.25, 0.3) is 0 Å². The molecule has 1 amide bonds. The summed E-state index contributed by atoms with van der Waals surface area (Å²) in [5.41, 5.74) is -0.345. The van der Waals surface area contributed by atoms with Crippen molar-refractivity contribution < 1.29 is 14.3 Å². The summed E-state index contributed by atoms with van der Waals surface area (Å²) in [5.74, 6) is -1.03. The second kappa shape index (κ2) is 6.36. The highest BCUT2D eigenvalue weighted by Gasteiger charge is 2.24. The zero-order valence-corrected chi connectivity index (χ0v) is 11.9.